The van der Waals surface area contributed by atoms with Crippen molar-refractivity contribution in [2.24, 2.45) is 5.73 Å². The van der Waals surface area contributed by atoms with E-state index >= 15 is 0 Å². The molecule has 15 heavy (non-hydrogen) atoms. The molecule has 0 bridgehead atoms. The van der Waals surface area contributed by atoms with Gasteiger partial charge in [0.25, 0.3) is 0 Å². The van der Waals surface area contributed by atoms with Crippen molar-refractivity contribution >= 4 is 5.82 Å². The van der Waals surface area contributed by atoms with Gasteiger partial charge in [-0.25, -0.2) is 4.98 Å². The highest BCUT2D eigenvalue weighted by Gasteiger charge is 2.10. The summed E-state index contributed by atoms with van der Waals surface area (Å²) in [6.45, 7) is 7.86. The molecule has 2 N–H and O–H groups in total. The van der Waals surface area contributed by atoms with E-state index < -0.39 is 0 Å². The molecule has 0 unspecified atom stereocenters. The Hall–Kier alpha value is -1.09. The van der Waals surface area contributed by atoms with Gasteiger partial charge in [-0.15, -0.1) is 0 Å². The van der Waals surface area contributed by atoms with E-state index in [4.69, 9.17) is 5.73 Å². The molecular weight excluding hydrogens is 186 g/mol. The Morgan fingerprint density at radius 1 is 1.40 bits per heavy atom. The number of anilines is 1. The molecule has 3 heteroatoms. The lowest BCUT2D eigenvalue weighted by molar-refractivity contribution is 0.821. The van der Waals surface area contributed by atoms with Gasteiger partial charge in [0.05, 0.1) is 0 Å². The molecule has 0 saturated carbocycles. The van der Waals surface area contributed by atoms with Crippen molar-refractivity contribution in [3.8, 4) is 0 Å². The van der Waals surface area contributed by atoms with Crippen molar-refractivity contribution in [1.29, 1.82) is 0 Å². The molecule has 0 aliphatic rings. The third-order valence-corrected chi connectivity index (χ3v) is 2.58. The maximum Gasteiger partial charge on any atom is 0.133 e. The van der Waals surface area contributed by atoms with Crippen LogP contribution in [0.25, 0.3) is 0 Å². The first-order valence-corrected chi connectivity index (χ1v) is 5.48. The maximum absolute atomic E-state index is 5.77. The number of hydrogen-bond acceptors (Lipinski definition) is 3. The van der Waals surface area contributed by atoms with Crippen molar-refractivity contribution in [3.05, 3.63) is 22.9 Å². The highest BCUT2D eigenvalue weighted by Crippen LogP contribution is 2.21. The van der Waals surface area contributed by atoms with Gasteiger partial charge < -0.3 is 10.6 Å². The summed E-state index contributed by atoms with van der Waals surface area (Å²) in [5, 5.41) is 0. The number of nitrogens with two attached hydrogens (primary N) is 1. The number of nitrogens with zero attached hydrogens (tertiary/aromatic N) is 2. The highest BCUT2D eigenvalue weighted by molar-refractivity contribution is 5.50. The zero-order valence-electron chi connectivity index (χ0n) is 10.2. The Kier molecular flexibility index (Phi) is 4.09. The van der Waals surface area contributed by atoms with E-state index in [9.17, 15) is 0 Å². The maximum atomic E-state index is 5.77. The van der Waals surface area contributed by atoms with Crippen LogP contribution in [0.2, 0.25) is 0 Å². The van der Waals surface area contributed by atoms with Crippen molar-refractivity contribution in [1.82, 2.24) is 4.98 Å². The fourth-order valence-corrected chi connectivity index (χ4v) is 1.85. The fourth-order valence-electron chi connectivity index (χ4n) is 1.85. The van der Waals surface area contributed by atoms with Crippen LogP contribution in [-0.2, 0) is 6.54 Å². The summed E-state index contributed by atoms with van der Waals surface area (Å²) in [5.74, 6) is 1.04. The van der Waals surface area contributed by atoms with Crippen molar-refractivity contribution in [2.45, 2.75) is 33.7 Å². The van der Waals surface area contributed by atoms with Crippen LogP contribution in [0.1, 0.15) is 30.2 Å². The quantitative estimate of drug-likeness (QED) is 0.821. The molecule has 84 valence electrons. The minimum absolute atomic E-state index is 0.558. The molecule has 3 nitrogen and oxygen atoms in total. The number of rotatable bonds is 4. The van der Waals surface area contributed by atoms with E-state index in [1.54, 1.807) is 0 Å². The molecule has 1 heterocycles. The highest BCUT2D eigenvalue weighted by atomic mass is 15.2. The van der Waals surface area contributed by atoms with E-state index in [-0.39, 0.29) is 0 Å². The van der Waals surface area contributed by atoms with Crippen LogP contribution in [0.5, 0.6) is 0 Å². The summed E-state index contributed by atoms with van der Waals surface area (Å²) >= 11 is 0. The lowest BCUT2D eigenvalue weighted by Gasteiger charge is -2.22. The van der Waals surface area contributed by atoms with Gasteiger partial charge in [0, 0.05) is 31.4 Å². The lowest BCUT2D eigenvalue weighted by atomic mass is 10.1. The number of hydrogen-bond donors (Lipinski definition) is 1. The third kappa shape index (κ3) is 2.69. The van der Waals surface area contributed by atoms with Crippen LogP contribution in [0.3, 0.4) is 0 Å². The average molecular weight is 207 g/mol. The Morgan fingerprint density at radius 2 is 2.07 bits per heavy atom. The standard InChI is InChI=1S/C12H21N3/c1-5-6-15(4)12-11(8-13)9(2)7-10(3)14-12/h7H,5-6,8,13H2,1-4H3. The summed E-state index contributed by atoms with van der Waals surface area (Å²) in [6, 6.07) is 2.09. The van der Waals surface area contributed by atoms with Gasteiger partial charge in [0.1, 0.15) is 5.82 Å². The average Bonchev–Trinajstić information content (AvgIpc) is 2.17. The summed E-state index contributed by atoms with van der Waals surface area (Å²) < 4.78 is 0. The molecule has 1 aromatic heterocycles. The van der Waals surface area contributed by atoms with Crippen LogP contribution in [0, 0.1) is 13.8 Å². The molecule has 0 spiro atoms. The number of aromatic nitrogens is 1. The molecule has 0 aliphatic heterocycles. The predicted octanol–water partition coefficient (Wildman–Crippen LogP) is 2.00. The zero-order valence-corrected chi connectivity index (χ0v) is 10.2. The second-order valence-electron chi connectivity index (χ2n) is 4.01. The Labute approximate surface area is 92.3 Å². The van der Waals surface area contributed by atoms with Crippen LogP contribution >= 0.6 is 0 Å². The molecule has 1 aromatic rings. The molecular formula is C12H21N3. The van der Waals surface area contributed by atoms with E-state index in [1.807, 2.05) is 6.92 Å². The van der Waals surface area contributed by atoms with Gasteiger partial charge in [-0.1, -0.05) is 6.92 Å². The number of aryl methyl sites for hydroxylation is 2. The first kappa shape index (κ1) is 12.0. The van der Waals surface area contributed by atoms with Gasteiger partial charge in [0.15, 0.2) is 0 Å². The molecule has 0 aliphatic carbocycles. The second-order valence-corrected chi connectivity index (χ2v) is 4.01. The summed E-state index contributed by atoms with van der Waals surface area (Å²) in [5.41, 5.74) is 9.23. The van der Waals surface area contributed by atoms with Crippen molar-refractivity contribution < 1.29 is 0 Å². The molecule has 0 aromatic carbocycles. The summed E-state index contributed by atoms with van der Waals surface area (Å²) in [4.78, 5) is 6.75. The summed E-state index contributed by atoms with van der Waals surface area (Å²) in [7, 11) is 2.07. The van der Waals surface area contributed by atoms with E-state index in [2.05, 4.69) is 36.8 Å². The van der Waals surface area contributed by atoms with Gasteiger partial charge in [-0.05, 0) is 31.9 Å². The Morgan fingerprint density at radius 3 is 2.60 bits per heavy atom. The van der Waals surface area contributed by atoms with E-state index in [0.29, 0.717) is 6.54 Å². The first-order valence-electron chi connectivity index (χ1n) is 5.48. The lowest BCUT2D eigenvalue weighted by Crippen LogP contribution is -2.22. The molecule has 0 atom stereocenters. The largest absolute Gasteiger partial charge is 0.359 e. The Bertz CT molecular complexity index is 334. The zero-order chi connectivity index (χ0) is 11.4. The van der Waals surface area contributed by atoms with Gasteiger partial charge >= 0.3 is 0 Å². The van der Waals surface area contributed by atoms with E-state index in [0.717, 1.165) is 30.0 Å². The molecule has 0 amide bonds. The van der Waals surface area contributed by atoms with Crippen molar-refractivity contribution in [2.75, 3.05) is 18.5 Å². The van der Waals surface area contributed by atoms with Gasteiger partial charge in [-0.3, -0.25) is 0 Å². The predicted molar refractivity (Wildman–Crippen MR) is 65.2 cm³/mol. The molecule has 0 fully saturated rings. The van der Waals surface area contributed by atoms with Crippen LogP contribution in [-0.4, -0.2) is 18.6 Å². The second kappa shape index (κ2) is 5.12. The monoisotopic (exact) mass is 207 g/mol. The number of pyridine rings is 1. The first-order chi connectivity index (χ1) is 7.10. The van der Waals surface area contributed by atoms with E-state index in [1.165, 1.54) is 5.56 Å². The van der Waals surface area contributed by atoms with Crippen molar-refractivity contribution in [3.63, 3.8) is 0 Å². The Balaban J connectivity index is 3.13. The molecule has 0 radical (unpaired) electrons. The SMILES string of the molecule is CCCN(C)c1nc(C)cc(C)c1CN. The van der Waals surface area contributed by atoms with Gasteiger partial charge in [0.2, 0.25) is 0 Å². The van der Waals surface area contributed by atoms with Gasteiger partial charge in [-0.2, -0.15) is 0 Å². The molecule has 1 rings (SSSR count). The fraction of sp³-hybridized carbons (Fsp3) is 0.583. The van der Waals surface area contributed by atoms with Crippen LogP contribution in [0.15, 0.2) is 6.07 Å². The third-order valence-electron chi connectivity index (χ3n) is 2.58. The topological polar surface area (TPSA) is 42.2 Å². The minimum atomic E-state index is 0.558. The smallest absolute Gasteiger partial charge is 0.133 e. The summed E-state index contributed by atoms with van der Waals surface area (Å²) in [6.07, 6.45) is 1.12. The van der Waals surface area contributed by atoms with Crippen LogP contribution in [0.4, 0.5) is 5.82 Å². The normalized spacial score (nSPS) is 10.5. The minimum Gasteiger partial charge on any atom is -0.359 e. The van der Waals surface area contributed by atoms with Crippen LogP contribution < -0.4 is 10.6 Å². The molecule has 0 saturated heterocycles.